The van der Waals surface area contributed by atoms with Crippen LogP contribution in [0.2, 0.25) is 0 Å². The van der Waals surface area contributed by atoms with E-state index in [1.54, 1.807) is 0 Å². The van der Waals surface area contributed by atoms with Gasteiger partial charge in [-0.25, -0.2) is 0 Å². The van der Waals surface area contributed by atoms with Crippen molar-refractivity contribution in [1.29, 1.82) is 0 Å². The molecule has 0 unspecified atom stereocenters. The van der Waals surface area contributed by atoms with Crippen molar-refractivity contribution in [1.82, 2.24) is 0 Å². The molecule has 0 spiro atoms. The Kier molecular flexibility index (Phi) is 3.83. The van der Waals surface area contributed by atoms with E-state index in [2.05, 4.69) is 36.2 Å². The van der Waals surface area contributed by atoms with Crippen LogP contribution < -0.4 is 10.6 Å². The molecule has 16 heavy (non-hydrogen) atoms. The average molecular weight is 218 g/mol. The zero-order valence-electron chi connectivity index (χ0n) is 10.2. The topological polar surface area (TPSA) is 29.3 Å². The van der Waals surface area contributed by atoms with Gasteiger partial charge in [0.2, 0.25) is 0 Å². The van der Waals surface area contributed by atoms with Crippen molar-refractivity contribution in [3.63, 3.8) is 0 Å². The molecule has 0 saturated heterocycles. The minimum Gasteiger partial charge on any atom is -0.374 e. The van der Waals surface area contributed by atoms with E-state index < -0.39 is 0 Å². The van der Waals surface area contributed by atoms with E-state index in [0.717, 1.165) is 5.92 Å². The second-order valence-electron chi connectivity index (χ2n) is 4.91. The maximum Gasteiger partial charge on any atom is 0.0366 e. The van der Waals surface area contributed by atoms with E-state index in [0.29, 0.717) is 6.54 Å². The van der Waals surface area contributed by atoms with Crippen LogP contribution in [0.4, 0.5) is 5.69 Å². The predicted octanol–water partition coefficient (Wildman–Crippen LogP) is 2.77. The summed E-state index contributed by atoms with van der Waals surface area (Å²) in [6.07, 6.45) is 5.64. The third kappa shape index (κ3) is 2.76. The highest BCUT2D eigenvalue weighted by atomic mass is 15.1. The Morgan fingerprint density at radius 3 is 2.75 bits per heavy atom. The largest absolute Gasteiger partial charge is 0.374 e. The minimum absolute atomic E-state index is 0.630. The number of hydrogen-bond acceptors (Lipinski definition) is 2. The minimum atomic E-state index is 0.630. The summed E-state index contributed by atoms with van der Waals surface area (Å²) in [6, 6.07) is 8.57. The summed E-state index contributed by atoms with van der Waals surface area (Å²) in [5, 5.41) is 0. The lowest BCUT2D eigenvalue weighted by atomic mass is 10.1. The number of hydrogen-bond donors (Lipinski definition) is 1. The van der Waals surface area contributed by atoms with Gasteiger partial charge >= 0.3 is 0 Å². The molecule has 0 radical (unpaired) electrons. The van der Waals surface area contributed by atoms with Crippen molar-refractivity contribution >= 4 is 5.69 Å². The van der Waals surface area contributed by atoms with Crippen molar-refractivity contribution in [2.75, 3.05) is 18.5 Å². The summed E-state index contributed by atoms with van der Waals surface area (Å²) in [4.78, 5) is 2.37. The number of nitrogens with zero attached hydrogens (tertiary/aromatic N) is 1. The molecule has 1 aliphatic rings. The van der Waals surface area contributed by atoms with E-state index in [1.165, 1.54) is 43.5 Å². The molecular formula is C14H22N2. The van der Waals surface area contributed by atoms with Crippen molar-refractivity contribution < 1.29 is 0 Å². The Morgan fingerprint density at radius 1 is 1.31 bits per heavy atom. The van der Waals surface area contributed by atoms with E-state index in [4.69, 9.17) is 5.73 Å². The van der Waals surface area contributed by atoms with E-state index >= 15 is 0 Å². The van der Waals surface area contributed by atoms with Gasteiger partial charge in [-0.1, -0.05) is 25.0 Å². The monoisotopic (exact) mass is 218 g/mol. The van der Waals surface area contributed by atoms with Gasteiger partial charge in [0.15, 0.2) is 0 Å². The Balaban J connectivity index is 1.98. The van der Waals surface area contributed by atoms with Crippen LogP contribution in [0.25, 0.3) is 0 Å². The third-order valence-electron chi connectivity index (χ3n) is 3.59. The second kappa shape index (κ2) is 5.35. The second-order valence-corrected chi connectivity index (χ2v) is 4.91. The van der Waals surface area contributed by atoms with Crippen LogP contribution in [0, 0.1) is 5.92 Å². The maximum absolute atomic E-state index is 5.66. The number of benzene rings is 1. The summed E-state index contributed by atoms with van der Waals surface area (Å²) < 4.78 is 0. The van der Waals surface area contributed by atoms with Crippen LogP contribution in [-0.4, -0.2) is 13.6 Å². The quantitative estimate of drug-likeness (QED) is 0.842. The van der Waals surface area contributed by atoms with Gasteiger partial charge in [-0.15, -0.1) is 0 Å². The molecule has 1 aromatic rings. The van der Waals surface area contributed by atoms with Gasteiger partial charge in [0.05, 0.1) is 0 Å². The van der Waals surface area contributed by atoms with Gasteiger partial charge in [0, 0.05) is 25.8 Å². The number of nitrogens with two attached hydrogens (primary N) is 1. The van der Waals surface area contributed by atoms with Crippen molar-refractivity contribution in [3.05, 3.63) is 29.8 Å². The van der Waals surface area contributed by atoms with Gasteiger partial charge in [0.25, 0.3) is 0 Å². The molecule has 1 fully saturated rings. The highest BCUT2D eigenvalue weighted by Gasteiger charge is 2.16. The van der Waals surface area contributed by atoms with Crippen LogP contribution >= 0.6 is 0 Å². The maximum atomic E-state index is 5.66. The summed E-state index contributed by atoms with van der Waals surface area (Å²) in [6.45, 7) is 1.82. The molecule has 0 bridgehead atoms. The zero-order chi connectivity index (χ0) is 11.4. The molecule has 2 rings (SSSR count). The highest BCUT2D eigenvalue weighted by molar-refractivity contribution is 5.47. The predicted molar refractivity (Wildman–Crippen MR) is 69.6 cm³/mol. The summed E-state index contributed by atoms with van der Waals surface area (Å²) in [5.74, 6) is 0.895. The van der Waals surface area contributed by atoms with Gasteiger partial charge in [-0.2, -0.15) is 0 Å². The Bertz CT molecular complexity index is 329. The summed E-state index contributed by atoms with van der Waals surface area (Å²) in [7, 11) is 2.19. The molecule has 2 heteroatoms. The van der Waals surface area contributed by atoms with Crippen molar-refractivity contribution in [3.8, 4) is 0 Å². The molecule has 0 amide bonds. The lowest BCUT2D eigenvalue weighted by Gasteiger charge is -2.23. The Labute approximate surface area is 98.4 Å². The molecule has 88 valence electrons. The van der Waals surface area contributed by atoms with Gasteiger partial charge in [0.1, 0.15) is 0 Å². The number of rotatable bonds is 4. The fourth-order valence-electron chi connectivity index (χ4n) is 2.61. The van der Waals surface area contributed by atoms with Gasteiger partial charge in [-0.3, -0.25) is 0 Å². The molecule has 2 N–H and O–H groups in total. The SMILES string of the molecule is CN(CC1CCCC1)c1cccc(CN)c1. The highest BCUT2D eigenvalue weighted by Crippen LogP contribution is 2.27. The fourth-order valence-corrected chi connectivity index (χ4v) is 2.61. The molecular weight excluding hydrogens is 196 g/mol. The summed E-state index contributed by atoms with van der Waals surface area (Å²) in [5.41, 5.74) is 8.18. The lowest BCUT2D eigenvalue weighted by molar-refractivity contribution is 0.547. The van der Waals surface area contributed by atoms with Crippen LogP contribution in [0.1, 0.15) is 31.2 Å². The molecule has 2 nitrogen and oxygen atoms in total. The number of anilines is 1. The standard InChI is InChI=1S/C14H22N2/c1-16(11-12-5-2-3-6-12)14-8-4-7-13(9-14)10-15/h4,7-9,12H,2-3,5-6,10-11,15H2,1H3. The fraction of sp³-hybridized carbons (Fsp3) is 0.571. The molecule has 0 heterocycles. The Morgan fingerprint density at radius 2 is 2.06 bits per heavy atom. The average Bonchev–Trinajstić information content (AvgIpc) is 2.82. The third-order valence-corrected chi connectivity index (χ3v) is 3.59. The van der Waals surface area contributed by atoms with E-state index in [-0.39, 0.29) is 0 Å². The molecule has 0 atom stereocenters. The smallest absolute Gasteiger partial charge is 0.0366 e. The Hall–Kier alpha value is -1.02. The van der Waals surface area contributed by atoms with Crippen LogP contribution in [-0.2, 0) is 6.54 Å². The van der Waals surface area contributed by atoms with Crippen LogP contribution in [0.15, 0.2) is 24.3 Å². The first-order chi connectivity index (χ1) is 7.79. The van der Waals surface area contributed by atoms with Gasteiger partial charge < -0.3 is 10.6 Å². The zero-order valence-corrected chi connectivity index (χ0v) is 10.2. The van der Waals surface area contributed by atoms with Crippen LogP contribution in [0.5, 0.6) is 0 Å². The molecule has 0 aromatic heterocycles. The first kappa shape index (κ1) is 11.5. The van der Waals surface area contributed by atoms with Gasteiger partial charge in [-0.05, 0) is 36.5 Å². The summed E-state index contributed by atoms with van der Waals surface area (Å²) >= 11 is 0. The van der Waals surface area contributed by atoms with Crippen LogP contribution in [0.3, 0.4) is 0 Å². The molecule has 1 saturated carbocycles. The molecule has 1 aromatic carbocycles. The molecule has 0 aliphatic heterocycles. The van der Waals surface area contributed by atoms with Crippen molar-refractivity contribution in [2.45, 2.75) is 32.2 Å². The first-order valence-electron chi connectivity index (χ1n) is 6.29. The first-order valence-corrected chi connectivity index (χ1v) is 6.29. The van der Waals surface area contributed by atoms with E-state index in [1.807, 2.05) is 0 Å². The normalized spacial score (nSPS) is 16.6. The van der Waals surface area contributed by atoms with E-state index in [9.17, 15) is 0 Å². The van der Waals surface area contributed by atoms with Crippen molar-refractivity contribution in [2.24, 2.45) is 11.7 Å². The molecule has 1 aliphatic carbocycles. The lowest BCUT2D eigenvalue weighted by Crippen LogP contribution is -2.24.